The Hall–Kier alpha value is -2.41. The lowest BCUT2D eigenvalue weighted by atomic mass is 9.90. The van der Waals surface area contributed by atoms with E-state index in [4.69, 9.17) is 9.37 Å². The Morgan fingerprint density at radius 1 is 1.36 bits per heavy atom. The highest BCUT2D eigenvalue weighted by Gasteiger charge is 2.59. The fraction of sp³-hybridized carbons (Fsp3) is 0.571. The van der Waals surface area contributed by atoms with Gasteiger partial charge in [-0.05, 0) is 62.4 Å². The fourth-order valence-electron chi connectivity index (χ4n) is 4.40. The summed E-state index contributed by atoms with van der Waals surface area (Å²) in [4.78, 5) is 17.1. The van der Waals surface area contributed by atoms with Crippen LogP contribution in [0.15, 0.2) is 28.9 Å². The van der Waals surface area contributed by atoms with Crippen LogP contribution in [0, 0.1) is 18.3 Å². The molecule has 2 aromatic rings. The Balaban J connectivity index is 1.29. The van der Waals surface area contributed by atoms with Crippen molar-refractivity contribution < 1.29 is 14.2 Å². The molecule has 1 aliphatic heterocycles. The van der Waals surface area contributed by atoms with Gasteiger partial charge in [-0.25, -0.2) is 4.63 Å². The predicted molar refractivity (Wildman–Crippen MR) is 104 cm³/mol. The topological polar surface area (TPSA) is 71.7 Å². The van der Waals surface area contributed by atoms with Crippen molar-refractivity contribution in [3.63, 3.8) is 0 Å². The van der Waals surface area contributed by atoms with Crippen LogP contribution in [0.3, 0.4) is 0 Å². The number of hydrogen-bond acceptors (Lipinski definition) is 6. The quantitative estimate of drug-likeness (QED) is 0.762. The molecule has 1 saturated carbocycles. The molecular formula is C21H28N4O3. The fourth-order valence-corrected chi connectivity index (χ4v) is 4.40. The van der Waals surface area contributed by atoms with Gasteiger partial charge in [0.05, 0.1) is 13.7 Å². The van der Waals surface area contributed by atoms with Gasteiger partial charge in [0.1, 0.15) is 17.1 Å². The number of piperidine rings is 1. The lowest BCUT2D eigenvalue weighted by Gasteiger charge is -2.33. The van der Waals surface area contributed by atoms with Crippen molar-refractivity contribution in [1.82, 2.24) is 20.1 Å². The van der Waals surface area contributed by atoms with Crippen molar-refractivity contribution in [2.75, 3.05) is 27.2 Å². The summed E-state index contributed by atoms with van der Waals surface area (Å²) in [6, 6.07) is 8.26. The van der Waals surface area contributed by atoms with Crippen molar-refractivity contribution in [3.8, 4) is 5.75 Å². The van der Waals surface area contributed by atoms with E-state index in [0.29, 0.717) is 6.54 Å². The van der Waals surface area contributed by atoms with Gasteiger partial charge in [0.25, 0.3) is 0 Å². The molecule has 7 nitrogen and oxygen atoms in total. The zero-order valence-electron chi connectivity index (χ0n) is 16.9. The molecule has 7 heteroatoms. The maximum absolute atomic E-state index is 12.9. The molecule has 2 fully saturated rings. The maximum atomic E-state index is 12.9. The molecule has 1 amide bonds. The molecule has 28 heavy (non-hydrogen) atoms. The smallest absolute Gasteiger partial charge is 0.226 e. The number of nitrogens with zero attached hydrogens (tertiary/aromatic N) is 4. The van der Waals surface area contributed by atoms with Crippen molar-refractivity contribution in [2.45, 2.75) is 39.3 Å². The number of carbonyl (C=O) groups excluding carboxylic acids is 1. The number of rotatable bonds is 6. The number of methoxy groups -OCH3 is 1. The van der Waals surface area contributed by atoms with Crippen LogP contribution in [-0.2, 0) is 17.9 Å². The first-order valence-corrected chi connectivity index (χ1v) is 9.89. The summed E-state index contributed by atoms with van der Waals surface area (Å²) in [5.74, 6) is 1.28. The third kappa shape index (κ3) is 3.76. The van der Waals surface area contributed by atoms with E-state index < -0.39 is 0 Å². The summed E-state index contributed by atoms with van der Waals surface area (Å²) in [5, 5.41) is 7.68. The van der Waals surface area contributed by atoms with E-state index in [1.807, 2.05) is 26.1 Å². The van der Waals surface area contributed by atoms with Gasteiger partial charge in [-0.1, -0.05) is 22.4 Å². The Labute approximate surface area is 165 Å². The molecule has 0 bridgehead atoms. The molecule has 1 aliphatic carbocycles. The first kappa shape index (κ1) is 18.9. The van der Waals surface area contributed by atoms with Crippen molar-refractivity contribution >= 4 is 5.91 Å². The Kier molecular flexibility index (Phi) is 5.10. The largest absolute Gasteiger partial charge is 0.497 e. The summed E-state index contributed by atoms with van der Waals surface area (Å²) in [7, 11) is 3.55. The van der Waals surface area contributed by atoms with Gasteiger partial charge in [0.15, 0.2) is 0 Å². The van der Waals surface area contributed by atoms with E-state index >= 15 is 0 Å². The molecule has 1 atom stereocenters. The van der Waals surface area contributed by atoms with Crippen LogP contribution >= 0.6 is 0 Å². The number of carbonyl (C=O) groups is 1. The molecule has 0 N–H and O–H groups in total. The molecular weight excluding hydrogens is 356 g/mol. The number of amides is 1. The van der Waals surface area contributed by atoms with Gasteiger partial charge in [-0.3, -0.25) is 9.69 Å². The van der Waals surface area contributed by atoms with Crippen LogP contribution in [0.25, 0.3) is 0 Å². The minimum atomic E-state index is 0.150. The van der Waals surface area contributed by atoms with Gasteiger partial charge in [0.2, 0.25) is 5.91 Å². The molecule has 2 aliphatic rings. The van der Waals surface area contributed by atoms with Gasteiger partial charge in [0, 0.05) is 19.5 Å². The summed E-state index contributed by atoms with van der Waals surface area (Å²) < 4.78 is 10.1. The van der Waals surface area contributed by atoms with E-state index in [1.165, 1.54) is 5.56 Å². The van der Waals surface area contributed by atoms with Crippen LogP contribution in [0.2, 0.25) is 0 Å². The number of aryl methyl sites for hydroxylation is 1. The van der Waals surface area contributed by atoms with E-state index in [1.54, 1.807) is 12.0 Å². The van der Waals surface area contributed by atoms with Crippen LogP contribution in [-0.4, -0.2) is 53.3 Å². The molecule has 1 aromatic carbocycles. The standard InChI is InChI=1S/C21H28N4O3/c1-15-19(23-28-22-15)14-24(2)20(26)18-12-21(18)7-9-25(10-8-21)13-16-5-4-6-17(11-16)27-3/h4-6,11,18H,7-10,12-14H2,1-3H3. The monoisotopic (exact) mass is 384 g/mol. The molecule has 4 rings (SSSR count). The summed E-state index contributed by atoms with van der Waals surface area (Å²) >= 11 is 0. The zero-order chi connectivity index (χ0) is 19.7. The Morgan fingerprint density at radius 2 is 2.14 bits per heavy atom. The van der Waals surface area contributed by atoms with Crippen molar-refractivity contribution in [3.05, 3.63) is 41.2 Å². The normalized spacial score (nSPS) is 20.9. The van der Waals surface area contributed by atoms with E-state index in [9.17, 15) is 4.79 Å². The van der Waals surface area contributed by atoms with E-state index in [-0.39, 0.29) is 17.2 Å². The molecule has 150 valence electrons. The first-order chi connectivity index (χ1) is 13.5. The molecule has 1 spiro atoms. The van der Waals surface area contributed by atoms with Gasteiger partial charge >= 0.3 is 0 Å². The lowest BCUT2D eigenvalue weighted by molar-refractivity contribution is -0.133. The molecule has 1 aromatic heterocycles. The highest BCUT2D eigenvalue weighted by Crippen LogP contribution is 2.60. The zero-order valence-corrected chi connectivity index (χ0v) is 16.9. The highest BCUT2D eigenvalue weighted by atomic mass is 16.6. The second-order valence-corrected chi connectivity index (χ2v) is 8.24. The molecule has 1 unspecified atom stereocenters. The predicted octanol–water partition coefficient (Wildman–Crippen LogP) is 2.65. The Bertz CT molecular complexity index is 842. The minimum Gasteiger partial charge on any atom is -0.497 e. The van der Waals surface area contributed by atoms with E-state index in [2.05, 4.69) is 27.3 Å². The highest BCUT2D eigenvalue weighted by molar-refractivity contribution is 5.82. The van der Waals surface area contributed by atoms with Gasteiger partial charge in [-0.15, -0.1) is 0 Å². The lowest BCUT2D eigenvalue weighted by Crippen LogP contribution is -2.37. The number of ether oxygens (including phenoxy) is 1. The molecule has 2 heterocycles. The van der Waals surface area contributed by atoms with Gasteiger partial charge in [-0.2, -0.15) is 0 Å². The maximum Gasteiger partial charge on any atom is 0.226 e. The van der Waals surface area contributed by atoms with Crippen molar-refractivity contribution in [1.29, 1.82) is 0 Å². The third-order valence-corrected chi connectivity index (χ3v) is 6.39. The second-order valence-electron chi connectivity index (χ2n) is 8.24. The summed E-state index contributed by atoms with van der Waals surface area (Å²) in [6.45, 7) is 5.32. The molecule has 1 saturated heterocycles. The van der Waals surface area contributed by atoms with Crippen LogP contribution in [0.5, 0.6) is 5.75 Å². The van der Waals surface area contributed by atoms with E-state index in [0.717, 1.165) is 56.0 Å². The van der Waals surface area contributed by atoms with Crippen LogP contribution in [0.4, 0.5) is 0 Å². The average Bonchev–Trinajstić information content (AvgIpc) is 3.26. The number of likely N-dealkylation sites (tertiary alicyclic amines) is 1. The summed E-state index contributed by atoms with van der Waals surface area (Å²) in [6.07, 6.45) is 3.19. The number of benzene rings is 1. The third-order valence-electron chi connectivity index (χ3n) is 6.39. The van der Waals surface area contributed by atoms with Crippen LogP contribution < -0.4 is 4.74 Å². The minimum absolute atomic E-state index is 0.150. The molecule has 0 radical (unpaired) electrons. The number of hydrogen-bond donors (Lipinski definition) is 0. The first-order valence-electron chi connectivity index (χ1n) is 9.89. The Morgan fingerprint density at radius 3 is 2.82 bits per heavy atom. The van der Waals surface area contributed by atoms with Crippen LogP contribution in [0.1, 0.15) is 36.2 Å². The summed E-state index contributed by atoms with van der Waals surface area (Å²) in [5.41, 5.74) is 2.96. The second kappa shape index (κ2) is 7.54. The van der Waals surface area contributed by atoms with Crippen molar-refractivity contribution in [2.24, 2.45) is 11.3 Å². The SMILES string of the molecule is COc1cccc(CN2CCC3(CC2)CC3C(=O)N(C)Cc2nonc2C)c1. The number of aromatic nitrogens is 2. The average molecular weight is 384 g/mol. The van der Waals surface area contributed by atoms with Gasteiger partial charge < -0.3 is 9.64 Å².